The molecular weight excluding hydrogens is 214 g/mol. The molecule has 1 aliphatic heterocycles. The molecule has 1 fully saturated rings. The van der Waals surface area contributed by atoms with Gasteiger partial charge in [0.1, 0.15) is 0 Å². The summed E-state index contributed by atoms with van der Waals surface area (Å²) in [5, 5.41) is 6.26. The van der Waals surface area contributed by atoms with Crippen LogP contribution in [0.3, 0.4) is 0 Å². The zero-order chi connectivity index (χ0) is 12.1. The minimum Gasteiger partial charge on any atom is -0.326 e. The number of amides is 1. The highest BCUT2D eigenvalue weighted by Gasteiger charge is 2.16. The van der Waals surface area contributed by atoms with Crippen LogP contribution in [0.2, 0.25) is 0 Å². The second kappa shape index (κ2) is 5.77. The molecule has 1 amide bonds. The van der Waals surface area contributed by atoms with Crippen molar-refractivity contribution in [2.24, 2.45) is 5.92 Å². The smallest absolute Gasteiger partial charge is 0.224 e. The third-order valence-electron chi connectivity index (χ3n) is 3.23. The van der Waals surface area contributed by atoms with E-state index < -0.39 is 0 Å². The maximum Gasteiger partial charge on any atom is 0.224 e. The molecule has 0 atom stereocenters. The number of aromatic nitrogens is 1. The van der Waals surface area contributed by atoms with Gasteiger partial charge in [-0.2, -0.15) is 0 Å². The van der Waals surface area contributed by atoms with Gasteiger partial charge in [-0.1, -0.05) is 0 Å². The monoisotopic (exact) mass is 233 g/mol. The summed E-state index contributed by atoms with van der Waals surface area (Å²) in [6.07, 6.45) is 6.29. The molecule has 0 saturated carbocycles. The molecule has 2 rings (SSSR count). The molecule has 1 aromatic heterocycles. The van der Waals surface area contributed by atoms with Gasteiger partial charge in [-0.05, 0) is 50.4 Å². The predicted molar refractivity (Wildman–Crippen MR) is 67.8 cm³/mol. The lowest BCUT2D eigenvalue weighted by atomic mass is 9.94. The van der Waals surface area contributed by atoms with Crippen LogP contribution in [0.5, 0.6) is 0 Å². The largest absolute Gasteiger partial charge is 0.326 e. The molecule has 2 N–H and O–H groups in total. The molecule has 1 saturated heterocycles. The second-order valence-corrected chi connectivity index (χ2v) is 4.64. The summed E-state index contributed by atoms with van der Waals surface area (Å²) in [6, 6.07) is 1.84. The van der Waals surface area contributed by atoms with Crippen molar-refractivity contribution in [2.75, 3.05) is 18.4 Å². The molecule has 0 spiro atoms. The summed E-state index contributed by atoms with van der Waals surface area (Å²) in [5.74, 6) is 0.643. The SMILES string of the molecule is Cc1cnccc1NC(=O)CC1CCNCC1. The van der Waals surface area contributed by atoms with Crippen molar-refractivity contribution in [3.63, 3.8) is 0 Å². The molecular formula is C13H19N3O. The van der Waals surface area contributed by atoms with E-state index in [1.807, 2.05) is 13.0 Å². The number of rotatable bonds is 3. The minimum absolute atomic E-state index is 0.117. The van der Waals surface area contributed by atoms with Crippen LogP contribution in [0, 0.1) is 12.8 Å². The van der Waals surface area contributed by atoms with Crippen LogP contribution in [0.1, 0.15) is 24.8 Å². The fraction of sp³-hybridized carbons (Fsp3) is 0.538. The van der Waals surface area contributed by atoms with E-state index in [0.717, 1.165) is 37.2 Å². The quantitative estimate of drug-likeness (QED) is 0.835. The van der Waals surface area contributed by atoms with E-state index in [9.17, 15) is 4.79 Å². The van der Waals surface area contributed by atoms with Crippen LogP contribution in [-0.4, -0.2) is 24.0 Å². The molecule has 0 unspecified atom stereocenters. The number of hydrogen-bond donors (Lipinski definition) is 2. The number of carbonyl (C=O) groups excluding carboxylic acids is 1. The first kappa shape index (κ1) is 12.0. The lowest BCUT2D eigenvalue weighted by Crippen LogP contribution is -2.30. The Bertz CT molecular complexity index is 386. The van der Waals surface area contributed by atoms with Gasteiger partial charge in [0.25, 0.3) is 0 Å². The van der Waals surface area contributed by atoms with E-state index in [1.54, 1.807) is 12.4 Å². The van der Waals surface area contributed by atoms with Crippen LogP contribution in [0.15, 0.2) is 18.5 Å². The Hall–Kier alpha value is -1.42. The Morgan fingerprint density at radius 2 is 2.29 bits per heavy atom. The van der Waals surface area contributed by atoms with Gasteiger partial charge in [-0.25, -0.2) is 0 Å². The van der Waals surface area contributed by atoms with E-state index in [2.05, 4.69) is 15.6 Å². The van der Waals surface area contributed by atoms with Gasteiger partial charge in [-0.3, -0.25) is 9.78 Å². The van der Waals surface area contributed by atoms with Crippen LogP contribution in [0.25, 0.3) is 0 Å². The molecule has 0 radical (unpaired) electrons. The number of hydrogen-bond acceptors (Lipinski definition) is 3. The summed E-state index contributed by atoms with van der Waals surface area (Å²) in [4.78, 5) is 15.9. The van der Waals surface area contributed by atoms with Gasteiger partial charge in [0, 0.05) is 24.5 Å². The van der Waals surface area contributed by atoms with Gasteiger partial charge in [0.15, 0.2) is 0 Å². The fourth-order valence-electron chi connectivity index (χ4n) is 2.16. The number of anilines is 1. The summed E-state index contributed by atoms with van der Waals surface area (Å²) in [7, 11) is 0. The summed E-state index contributed by atoms with van der Waals surface area (Å²) in [5.41, 5.74) is 1.88. The lowest BCUT2D eigenvalue weighted by Gasteiger charge is -2.22. The maximum atomic E-state index is 11.9. The Labute approximate surface area is 102 Å². The summed E-state index contributed by atoms with van der Waals surface area (Å²) in [6.45, 7) is 4.02. The first-order valence-corrected chi connectivity index (χ1v) is 6.17. The van der Waals surface area contributed by atoms with E-state index in [0.29, 0.717) is 12.3 Å². The van der Waals surface area contributed by atoms with Crippen molar-refractivity contribution in [3.05, 3.63) is 24.0 Å². The highest BCUT2D eigenvalue weighted by atomic mass is 16.1. The zero-order valence-corrected chi connectivity index (χ0v) is 10.2. The van der Waals surface area contributed by atoms with Gasteiger partial charge in [0.2, 0.25) is 5.91 Å². The third kappa shape index (κ3) is 3.53. The Morgan fingerprint density at radius 1 is 1.53 bits per heavy atom. The molecule has 4 nitrogen and oxygen atoms in total. The Morgan fingerprint density at radius 3 is 3.00 bits per heavy atom. The molecule has 92 valence electrons. The van der Waals surface area contributed by atoms with E-state index in [4.69, 9.17) is 0 Å². The number of piperidine rings is 1. The van der Waals surface area contributed by atoms with Crippen molar-refractivity contribution in [1.29, 1.82) is 0 Å². The van der Waals surface area contributed by atoms with Crippen LogP contribution in [0.4, 0.5) is 5.69 Å². The average Bonchev–Trinajstić information content (AvgIpc) is 2.33. The normalized spacial score (nSPS) is 16.8. The van der Waals surface area contributed by atoms with Gasteiger partial charge in [0.05, 0.1) is 0 Å². The molecule has 0 aromatic carbocycles. The molecule has 1 aromatic rings. The standard InChI is InChI=1S/C13H19N3O/c1-10-9-15-7-4-12(10)16-13(17)8-11-2-5-14-6-3-11/h4,7,9,11,14H,2-3,5-6,8H2,1H3,(H,15,16,17). The van der Waals surface area contributed by atoms with Gasteiger partial charge >= 0.3 is 0 Å². The first-order valence-electron chi connectivity index (χ1n) is 6.17. The Kier molecular flexibility index (Phi) is 4.09. The number of nitrogens with zero attached hydrogens (tertiary/aromatic N) is 1. The van der Waals surface area contributed by atoms with Crippen LogP contribution < -0.4 is 10.6 Å². The fourth-order valence-corrected chi connectivity index (χ4v) is 2.16. The maximum absolute atomic E-state index is 11.9. The number of nitrogens with one attached hydrogen (secondary N) is 2. The number of pyridine rings is 1. The lowest BCUT2D eigenvalue weighted by molar-refractivity contribution is -0.117. The Balaban J connectivity index is 1.86. The van der Waals surface area contributed by atoms with Gasteiger partial charge < -0.3 is 10.6 Å². The van der Waals surface area contributed by atoms with Crippen molar-refractivity contribution in [2.45, 2.75) is 26.2 Å². The predicted octanol–water partition coefficient (Wildman–Crippen LogP) is 1.72. The van der Waals surface area contributed by atoms with Gasteiger partial charge in [-0.15, -0.1) is 0 Å². The number of carbonyl (C=O) groups is 1. The molecule has 2 heterocycles. The van der Waals surface area contributed by atoms with E-state index in [-0.39, 0.29) is 5.91 Å². The van der Waals surface area contributed by atoms with Crippen LogP contribution in [-0.2, 0) is 4.79 Å². The molecule has 0 aliphatic carbocycles. The average molecular weight is 233 g/mol. The van der Waals surface area contributed by atoms with E-state index >= 15 is 0 Å². The highest BCUT2D eigenvalue weighted by Crippen LogP contribution is 2.18. The third-order valence-corrected chi connectivity index (χ3v) is 3.23. The first-order chi connectivity index (χ1) is 8.25. The molecule has 4 heteroatoms. The van der Waals surface area contributed by atoms with Crippen LogP contribution >= 0.6 is 0 Å². The second-order valence-electron chi connectivity index (χ2n) is 4.64. The highest BCUT2D eigenvalue weighted by molar-refractivity contribution is 5.91. The molecule has 17 heavy (non-hydrogen) atoms. The molecule has 1 aliphatic rings. The van der Waals surface area contributed by atoms with Crippen molar-refractivity contribution < 1.29 is 4.79 Å². The van der Waals surface area contributed by atoms with Crippen molar-refractivity contribution >= 4 is 11.6 Å². The van der Waals surface area contributed by atoms with Crippen molar-refractivity contribution in [3.8, 4) is 0 Å². The zero-order valence-electron chi connectivity index (χ0n) is 10.2. The molecule has 0 bridgehead atoms. The van der Waals surface area contributed by atoms with Crippen molar-refractivity contribution in [1.82, 2.24) is 10.3 Å². The summed E-state index contributed by atoms with van der Waals surface area (Å²) >= 11 is 0. The minimum atomic E-state index is 0.117. The summed E-state index contributed by atoms with van der Waals surface area (Å²) < 4.78 is 0. The van der Waals surface area contributed by atoms with E-state index in [1.165, 1.54) is 0 Å². The topological polar surface area (TPSA) is 54.0 Å². The number of aryl methyl sites for hydroxylation is 1.